The number of hydrogen-bond donors (Lipinski definition) is 3. The third kappa shape index (κ3) is 1.85. The van der Waals surface area contributed by atoms with E-state index in [1.165, 1.54) is 19.1 Å². The molecule has 1 aromatic rings. The van der Waals surface area contributed by atoms with E-state index in [0.717, 1.165) is 0 Å². The van der Waals surface area contributed by atoms with Crippen LogP contribution >= 0.6 is 0 Å². The molecule has 1 heterocycles. The number of rotatable bonds is 1. The van der Waals surface area contributed by atoms with Crippen molar-refractivity contribution in [2.75, 3.05) is 5.32 Å². The Morgan fingerprint density at radius 2 is 2.25 bits per heavy atom. The summed E-state index contributed by atoms with van der Waals surface area (Å²) < 4.78 is 0. The summed E-state index contributed by atoms with van der Waals surface area (Å²) in [4.78, 5) is 23.3. The van der Waals surface area contributed by atoms with Gasteiger partial charge in [0.2, 0.25) is 11.8 Å². The summed E-state index contributed by atoms with van der Waals surface area (Å²) in [7, 11) is 0. The van der Waals surface area contributed by atoms with Crippen molar-refractivity contribution in [1.82, 2.24) is 4.98 Å². The van der Waals surface area contributed by atoms with Gasteiger partial charge < -0.3 is 10.4 Å². The minimum absolute atomic E-state index is 0.196. The Balaban J connectivity index is 3.01. The number of carbonyl (C=O) groups excluding carboxylic acids is 1. The van der Waals surface area contributed by atoms with Crippen LogP contribution in [0, 0.1) is 0 Å². The molecule has 1 amide bonds. The van der Waals surface area contributed by atoms with Crippen LogP contribution in [0.3, 0.4) is 0 Å². The molecule has 0 aliphatic heterocycles. The van der Waals surface area contributed by atoms with E-state index in [-0.39, 0.29) is 17.5 Å². The molecule has 3 N–H and O–H groups in total. The lowest BCUT2D eigenvalue weighted by Crippen LogP contribution is -2.09. The predicted octanol–water partition coefficient (Wildman–Crippen LogP) is 0.0389. The zero-order valence-electron chi connectivity index (χ0n) is 6.42. The first-order valence-electron chi connectivity index (χ1n) is 3.29. The van der Waals surface area contributed by atoms with Crippen molar-refractivity contribution in [3.05, 3.63) is 22.5 Å². The number of aromatic nitrogens is 1. The van der Waals surface area contributed by atoms with Gasteiger partial charge in [-0.2, -0.15) is 0 Å². The zero-order valence-corrected chi connectivity index (χ0v) is 6.42. The summed E-state index contributed by atoms with van der Waals surface area (Å²) in [6.07, 6.45) is 0. The minimum Gasteiger partial charge on any atom is -0.493 e. The third-order valence-corrected chi connectivity index (χ3v) is 1.21. The van der Waals surface area contributed by atoms with Crippen LogP contribution < -0.4 is 10.9 Å². The van der Waals surface area contributed by atoms with Crippen LogP contribution in [0.25, 0.3) is 0 Å². The highest BCUT2D eigenvalue weighted by Gasteiger charge is 2.01. The Bertz CT molecular complexity index is 356. The summed E-state index contributed by atoms with van der Waals surface area (Å²) in [5, 5.41) is 11.4. The summed E-state index contributed by atoms with van der Waals surface area (Å²) in [5.74, 6) is -0.643. The quantitative estimate of drug-likeness (QED) is 0.553. The normalized spacial score (nSPS) is 9.42. The first kappa shape index (κ1) is 8.32. The molecule has 0 aromatic carbocycles. The topological polar surface area (TPSA) is 82.2 Å². The summed E-state index contributed by atoms with van der Waals surface area (Å²) in [5.41, 5.74) is -0.219. The van der Waals surface area contributed by atoms with Crippen molar-refractivity contribution in [3.8, 4) is 5.88 Å². The van der Waals surface area contributed by atoms with Crippen molar-refractivity contribution in [1.29, 1.82) is 0 Å². The fraction of sp³-hybridized carbons (Fsp3) is 0.143. The number of H-pyrrole nitrogens is 1. The largest absolute Gasteiger partial charge is 0.493 e. The van der Waals surface area contributed by atoms with E-state index in [4.69, 9.17) is 5.11 Å². The van der Waals surface area contributed by atoms with Gasteiger partial charge >= 0.3 is 0 Å². The molecule has 0 aliphatic carbocycles. The summed E-state index contributed by atoms with van der Waals surface area (Å²) in [6.45, 7) is 1.31. The Morgan fingerprint density at radius 1 is 1.58 bits per heavy atom. The summed E-state index contributed by atoms with van der Waals surface area (Å²) >= 11 is 0. The molecule has 1 aromatic heterocycles. The number of aromatic hydroxyl groups is 1. The maximum absolute atomic E-state index is 10.6. The fourth-order valence-electron chi connectivity index (χ4n) is 0.754. The van der Waals surface area contributed by atoms with Crippen molar-refractivity contribution < 1.29 is 9.90 Å². The van der Waals surface area contributed by atoms with Gasteiger partial charge in [0, 0.05) is 13.0 Å². The Morgan fingerprint density at radius 3 is 2.75 bits per heavy atom. The van der Waals surface area contributed by atoms with E-state index in [2.05, 4.69) is 10.3 Å². The van der Waals surface area contributed by atoms with Gasteiger partial charge in [-0.15, -0.1) is 0 Å². The zero-order chi connectivity index (χ0) is 9.14. The van der Waals surface area contributed by atoms with Crippen molar-refractivity contribution in [2.45, 2.75) is 6.92 Å². The molecule has 0 saturated carbocycles. The number of aromatic amines is 1. The van der Waals surface area contributed by atoms with Gasteiger partial charge in [-0.3, -0.25) is 14.6 Å². The molecule has 1 rings (SSSR count). The first-order valence-corrected chi connectivity index (χ1v) is 3.29. The predicted molar refractivity (Wildman–Crippen MR) is 43.0 cm³/mol. The van der Waals surface area contributed by atoms with E-state index >= 15 is 0 Å². The number of carbonyl (C=O) groups is 1. The average Bonchev–Trinajstić information content (AvgIpc) is 1.94. The molecule has 0 spiro atoms. The lowest BCUT2D eigenvalue weighted by Gasteiger charge is -2.02. The maximum atomic E-state index is 10.6. The van der Waals surface area contributed by atoms with E-state index in [0.29, 0.717) is 0 Å². The Hall–Kier alpha value is -1.78. The first-order chi connectivity index (χ1) is 5.59. The Labute approximate surface area is 68.0 Å². The maximum Gasteiger partial charge on any atom is 0.250 e. The van der Waals surface area contributed by atoms with Crippen molar-refractivity contribution in [2.24, 2.45) is 0 Å². The molecule has 5 nitrogen and oxygen atoms in total. The molecule has 0 radical (unpaired) electrons. The molecule has 5 heteroatoms. The highest BCUT2D eigenvalue weighted by Crippen LogP contribution is 2.15. The average molecular weight is 168 g/mol. The molecule has 64 valence electrons. The third-order valence-electron chi connectivity index (χ3n) is 1.21. The lowest BCUT2D eigenvalue weighted by molar-refractivity contribution is -0.114. The standard InChI is InChI=1S/C7H8N2O3/c1-4(10)8-5-2-3-6(11)9-7(5)12/h2-3H,1H3,(H,8,10)(H2,9,11,12). The van der Waals surface area contributed by atoms with E-state index in [1.54, 1.807) is 0 Å². The molecule has 12 heavy (non-hydrogen) atoms. The molecule has 0 saturated heterocycles. The van der Waals surface area contributed by atoms with Gasteiger partial charge in [0.15, 0.2) is 0 Å². The van der Waals surface area contributed by atoms with Crippen LogP contribution in [0.1, 0.15) is 6.92 Å². The van der Waals surface area contributed by atoms with Gasteiger partial charge in [-0.05, 0) is 6.07 Å². The Kier molecular flexibility index (Phi) is 2.14. The fourth-order valence-corrected chi connectivity index (χ4v) is 0.754. The van der Waals surface area contributed by atoms with Gasteiger partial charge in [-0.25, -0.2) is 0 Å². The second-order valence-electron chi connectivity index (χ2n) is 2.27. The molecule has 0 bridgehead atoms. The van der Waals surface area contributed by atoms with E-state index in [9.17, 15) is 9.59 Å². The van der Waals surface area contributed by atoms with Crippen LogP contribution in [0.2, 0.25) is 0 Å². The van der Waals surface area contributed by atoms with Gasteiger partial charge in [0.1, 0.15) is 5.69 Å². The van der Waals surface area contributed by atoms with Crippen LogP contribution in [0.15, 0.2) is 16.9 Å². The number of hydrogen-bond acceptors (Lipinski definition) is 3. The van der Waals surface area contributed by atoms with E-state index < -0.39 is 5.56 Å². The van der Waals surface area contributed by atoms with Crippen molar-refractivity contribution in [3.63, 3.8) is 0 Å². The number of nitrogens with one attached hydrogen (secondary N) is 2. The van der Waals surface area contributed by atoms with Gasteiger partial charge in [-0.1, -0.05) is 0 Å². The van der Waals surface area contributed by atoms with Crippen LogP contribution in [0.4, 0.5) is 5.69 Å². The van der Waals surface area contributed by atoms with Crippen LogP contribution in [-0.2, 0) is 4.79 Å². The molecular weight excluding hydrogens is 160 g/mol. The number of anilines is 1. The number of pyridine rings is 1. The second-order valence-corrected chi connectivity index (χ2v) is 2.27. The monoisotopic (exact) mass is 168 g/mol. The SMILES string of the molecule is CC(=O)Nc1ccc(=O)[nH]c1O. The molecule has 0 unspecified atom stereocenters. The highest BCUT2D eigenvalue weighted by atomic mass is 16.3. The smallest absolute Gasteiger partial charge is 0.250 e. The molecular formula is C7H8N2O3. The molecule has 0 atom stereocenters. The molecule has 0 fully saturated rings. The second kappa shape index (κ2) is 3.08. The van der Waals surface area contributed by atoms with Gasteiger partial charge in [0.05, 0.1) is 0 Å². The van der Waals surface area contributed by atoms with Crippen molar-refractivity contribution >= 4 is 11.6 Å². The number of amides is 1. The molecule has 0 aliphatic rings. The van der Waals surface area contributed by atoms with Gasteiger partial charge in [0.25, 0.3) is 5.56 Å². The minimum atomic E-state index is -0.415. The highest BCUT2D eigenvalue weighted by molar-refractivity contribution is 5.89. The summed E-state index contributed by atoms with van der Waals surface area (Å²) in [6, 6.07) is 2.54. The van der Waals surface area contributed by atoms with Crippen LogP contribution in [0.5, 0.6) is 5.88 Å². The lowest BCUT2D eigenvalue weighted by atomic mass is 10.4. The van der Waals surface area contributed by atoms with E-state index in [1.807, 2.05) is 0 Å². The van der Waals surface area contributed by atoms with Crippen LogP contribution in [-0.4, -0.2) is 16.0 Å².